The number of hydrogen-bond acceptors (Lipinski definition) is 13. The van der Waals surface area contributed by atoms with E-state index in [4.69, 9.17) is 18.9 Å². The summed E-state index contributed by atoms with van der Waals surface area (Å²) in [5.74, 6) is 1.00. The highest BCUT2D eigenvalue weighted by atomic mass is 32.2. The van der Waals surface area contributed by atoms with Crippen LogP contribution in [0.5, 0.6) is 23.1 Å². The number of para-hydroxylation sites is 2. The second-order valence-electron chi connectivity index (χ2n) is 10.6. The third-order valence-electron chi connectivity index (χ3n) is 7.08. The number of tetrazole rings is 1. The van der Waals surface area contributed by atoms with Gasteiger partial charge in [-0.3, -0.25) is 9.71 Å². The van der Waals surface area contributed by atoms with E-state index in [9.17, 15) is 8.42 Å². The van der Waals surface area contributed by atoms with Crippen molar-refractivity contribution in [1.82, 2.24) is 40.6 Å². The molecular formula is C30H31N9O6S. The molecule has 1 aliphatic heterocycles. The lowest BCUT2D eigenvalue weighted by atomic mass is 10.1. The van der Waals surface area contributed by atoms with Crippen molar-refractivity contribution in [2.24, 2.45) is 0 Å². The number of benzene rings is 1. The molecule has 0 saturated carbocycles. The van der Waals surface area contributed by atoms with Crippen molar-refractivity contribution < 1.29 is 27.4 Å². The number of nitrogens with one attached hydrogen (secondary N) is 2. The maximum atomic E-state index is 13.7. The van der Waals surface area contributed by atoms with Crippen LogP contribution in [0.2, 0.25) is 0 Å². The summed E-state index contributed by atoms with van der Waals surface area (Å²) in [5, 5.41) is 13.6. The van der Waals surface area contributed by atoms with Gasteiger partial charge in [-0.1, -0.05) is 32.0 Å². The summed E-state index contributed by atoms with van der Waals surface area (Å²) in [5.41, 5.74) is 1.79. The number of aromatic amines is 1. The quantitative estimate of drug-likeness (QED) is 0.194. The summed E-state index contributed by atoms with van der Waals surface area (Å²) in [6.07, 6.45) is 4.60. The lowest BCUT2D eigenvalue weighted by Crippen LogP contribution is -2.19. The topological polar surface area (TPSA) is 189 Å². The molecule has 0 aliphatic carbocycles. The van der Waals surface area contributed by atoms with Gasteiger partial charge < -0.3 is 18.9 Å². The molecule has 1 aromatic carbocycles. The van der Waals surface area contributed by atoms with Gasteiger partial charge in [-0.2, -0.15) is 13.4 Å². The van der Waals surface area contributed by atoms with Gasteiger partial charge in [0.15, 0.2) is 34.0 Å². The molecule has 0 amide bonds. The number of hydrogen-bond donors (Lipinski definition) is 2. The predicted octanol–water partition coefficient (Wildman–Crippen LogP) is 4.40. The second-order valence-corrected chi connectivity index (χ2v) is 12.2. The van der Waals surface area contributed by atoms with Gasteiger partial charge in [-0.05, 0) is 65.1 Å². The van der Waals surface area contributed by atoms with E-state index in [1.54, 1.807) is 42.5 Å². The fraction of sp³-hybridized carbons (Fsp3) is 0.300. The smallest absolute Gasteiger partial charge is 0.280 e. The van der Waals surface area contributed by atoms with Crippen LogP contribution in [0.3, 0.4) is 0 Å². The molecule has 0 bridgehead atoms. The van der Waals surface area contributed by atoms with Crippen LogP contribution < -0.4 is 18.9 Å². The summed E-state index contributed by atoms with van der Waals surface area (Å²) >= 11 is 0. The minimum absolute atomic E-state index is 0.0214. The van der Waals surface area contributed by atoms with E-state index in [1.165, 1.54) is 25.6 Å². The van der Waals surface area contributed by atoms with Crippen molar-refractivity contribution in [3.63, 3.8) is 0 Å². The van der Waals surface area contributed by atoms with Crippen LogP contribution in [-0.2, 0) is 14.8 Å². The summed E-state index contributed by atoms with van der Waals surface area (Å²) in [4.78, 5) is 17.8. The number of nitrogens with zero attached hydrogens (tertiary/aromatic N) is 7. The van der Waals surface area contributed by atoms with Crippen molar-refractivity contribution in [1.29, 1.82) is 0 Å². The zero-order valence-electron chi connectivity index (χ0n) is 25.2. The molecule has 1 atom stereocenters. The fourth-order valence-electron chi connectivity index (χ4n) is 4.62. The average Bonchev–Trinajstić information content (AvgIpc) is 3.80. The standard InChI is InChI=1S/C30H31N9O6S/c1-18(2)20-10-11-25(32-16-20)46(40,41)37-29-26(45-24-9-5-4-8-23(24)42-3)30(44-17-21-7-6-14-43-21)34-27(33-29)19-12-13-31-22(15-19)28-35-38-39-36-28/h4-5,8-13,15-16,18,21H,6-7,14,17H2,1-3H3,(H,33,34,37)(H,35,36,38,39). The van der Waals surface area contributed by atoms with E-state index in [-0.39, 0.29) is 52.7 Å². The Balaban J connectivity index is 1.48. The Morgan fingerprint density at radius 2 is 1.93 bits per heavy atom. The minimum Gasteiger partial charge on any atom is -0.493 e. The van der Waals surface area contributed by atoms with Gasteiger partial charge in [0.1, 0.15) is 12.3 Å². The van der Waals surface area contributed by atoms with E-state index in [0.29, 0.717) is 29.4 Å². The molecule has 46 heavy (non-hydrogen) atoms. The molecule has 238 valence electrons. The van der Waals surface area contributed by atoms with Crippen molar-refractivity contribution in [2.45, 2.75) is 43.7 Å². The number of ether oxygens (including phenoxy) is 4. The van der Waals surface area contributed by atoms with Crippen LogP contribution in [0.25, 0.3) is 22.9 Å². The minimum atomic E-state index is -4.26. The van der Waals surface area contributed by atoms with Gasteiger partial charge >= 0.3 is 0 Å². The summed E-state index contributed by atoms with van der Waals surface area (Å²) < 4.78 is 53.7. The van der Waals surface area contributed by atoms with E-state index < -0.39 is 10.0 Å². The third kappa shape index (κ3) is 6.87. The Hall–Kier alpha value is -5.22. The molecule has 16 heteroatoms. The van der Waals surface area contributed by atoms with Crippen LogP contribution in [0.4, 0.5) is 5.82 Å². The Labute approximate surface area is 264 Å². The van der Waals surface area contributed by atoms with Crippen LogP contribution in [-0.4, -0.2) is 75.4 Å². The van der Waals surface area contributed by atoms with E-state index >= 15 is 0 Å². The summed E-state index contributed by atoms with van der Waals surface area (Å²) in [7, 11) is -2.77. The number of H-pyrrole nitrogens is 1. The van der Waals surface area contributed by atoms with Gasteiger partial charge in [-0.25, -0.2) is 15.1 Å². The van der Waals surface area contributed by atoms with Crippen LogP contribution in [0.1, 0.15) is 38.2 Å². The first-order valence-electron chi connectivity index (χ1n) is 14.5. The van der Waals surface area contributed by atoms with Gasteiger partial charge in [0.25, 0.3) is 15.9 Å². The second kappa shape index (κ2) is 13.4. The molecule has 0 spiro atoms. The number of aromatic nitrogens is 8. The van der Waals surface area contributed by atoms with Crippen molar-refractivity contribution in [3.05, 3.63) is 66.5 Å². The van der Waals surface area contributed by atoms with Crippen LogP contribution in [0, 0.1) is 0 Å². The van der Waals surface area contributed by atoms with Gasteiger partial charge in [0.2, 0.25) is 5.75 Å². The molecule has 6 rings (SSSR count). The Morgan fingerprint density at radius 1 is 1.09 bits per heavy atom. The van der Waals surface area contributed by atoms with E-state index in [2.05, 4.69) is 45.3 Å². The largest absolute Gasteiger partial charge is 0.493 e. The summed E-state index contributed by atoms with van der Waals surface area (Å²) in [6, 6.07) is 13.4. The average molecular weight is 646 g/mol. The highest BCUT2D eigenvalue weighted by Gasteiger charge is 2.27. The monoisotopic (exact) mass is 645 g/mol. The summed E-state index contributed by atoms with van der Waals surface area (Å²) in [6.45, 7) is 4.76. The number of rotatable bonds is 12. The van der Waals surface area contributed by atoms with Crippen molar-refractivity contribution >= 4 is 15.8 Å². The van der Waals surface area contributed by atoms with Gasteiger partial charge in [-0.15, -0.1) is 5.10 Å². The first-order valence-corrected chi connectivity index (χ1v) is 16.0. The van der Waals surface area contributed by atoms with E-state index in [1.807, 2.05) is 13.8 Å². The number of pyridine rings is 2. The first-order chi connectivity index (χ1) is 22.3. The SMILES string of the molecule is COc1ccccc1Oc1c(NS(=O)(=O)c2ccc(C(C)C)cn2)nc(-c2ccnc(-c3nnn[nH]3)c2)nc1OCC1CCCO1. The third-order valence-corrected chi connectivity index (χ3v) is 8.34. The Kier molecular flexibility index (Phi) is 8.98. The molecule has 5 heterocycles. The molecule has 0 radical (unpaired) electrons. The lowest BCUT2D eigenvalue weighted by Gasteiger charge is -2.19. The zero-order chi connectivity index (χ0) is 32.1. The molecule has 1 saturated heterocycles. The lowest BCUT2D eigenvalue weighted by molar-refractivity contribution is 0.0654. The first kappa shape index (κ1) is 30.8. The predicted molar refractivity (Wildman–Crippen MR) is 165 cm³/mol. The molecule has 4 aromatic heterocycles. The van der Waals surface area contributed by atoms with Crippen LogP contribution in [0.15, 0.2) is 66.0 Å². The van der Waals surface area contributed by atoms with Gasteiger partial charge in [0.05, 0.1) is 13.2 Å². The fourth-order valence-corrected chi connectivity index (χ4v) is 5.55. The molecule has 1 unspecified atom stereocenters. The molecule has 15 nitrogen and oxygen atoms in total. The maximum absolute atomic E-state index is 13.7. The molecular weight excluding hydrogens is 614 g/mol. The molecule has 2 N–H and O–H groups in total. The van der Waals surface area contributed by atoms with Gasteiger partial charge in [0, 0.05) is 24.6 Å². The normalized spacial score (nSPS) is 14.7. The number of anilines is 1. The highest BCUT2D eigenvalue weighted by Crippen LogP contribution is 2.42. The maximum Gasteiger partial charge on any atom is 0.280 e. The Bertz CT molecular complexity index is 1900. The number of sulfonamides is 1. The zero-order valence-corrected chi connectivity index (χ0v) is 26.1. The van der Waals surface area contributed by atoms with Crippen LogP contribution >= 0.6 is 0 Å². The molecule has 5 aromatic rings. The number of methoxy groups -OCH3 is 1. The Morgan fingerprint density at radius 3 is 2.63 bits per heavy atom. The molecule has 1 aliphatic rings. The van der Waals surface area contributed by atoms with Crippen molar-refractivity contribution in [2.75, 3.05) is 25.0 Å². The van der Waals surface area contributed by atoms with Crippen molar-refractivity contribution in [3.8, 4) is 46.0 Å². The highest BCUT2D eigenvalue weighted by molar-refractivity contribution is 7.92. The van der Waals surface area contributed by atoms with E-state index in [0.717, 1.165) is 18.4 Å². The molecule has 1 fully saturated rings.